The minimum atomic E-state index is -2.39. The molecule has 1 aromatic rings. The van der Waals surface area contributed by atoms with Crippen LogP contribution in [0.2, 0.25) is 18.1 Å². The summed E-state index contributed by atoms with van der Waals surface area (Å²) < 4.78 is 22.9. The summed E-state index contributed by atoms with van der Waals surface area (Å²) in [4.78, 5) is 51.4. The van der Waals surface area contributed by atoms with Gasteiger partial charge in [-0.25, -0.2) is 9.59 Å². The fourth-order valence-corrected chi connectivity index (χ4v) is 5.96. The number of hydrogen-bond donors (Lipinski definition) is 3. The Morgan fingerprint density at radius 2 is 1.59 bits per heavy atom. The van der Waals surface area contributed by atoms with Crippen LogP contribution in [0.3, 0.4) is 0 Å². The van der Waals surface area contributed by atoms with Crippen molar-refractivity contribution in [1.29, 1.82) is 0 Å². The number of rotatable bonds is 19. The Labute approximate surface area is 307 Å². The lowest BCUT2D eigenvalue weighted by Crippen LogP contribution is -2.51. The van der Waals surface area contributed by atoms with Gasteiger partial charge in [0.15, 0.2) is 14.4 Å². The summed E-state index contributed by atoms with van der Waals surface area (Å²) in [5.74, 6) is -3.14. The predicted molar refractivity (Wildman–Crippen MR) is 202 cm³/mol. The van der Waals surface area contributed by atoms with Crippen molar-refractivity contribution < 1.29 is 42.9 Å². The molecule has 3 N–H and O–H groups in total. The van der Waals surface area contributed by atoms with Crippen LogP contribution >= 0.6 is 0 Å². The van der Waals surface area contributed by atoms with Gasteiger partial charge in [-0.05, 0) is 63.2 Å². The molecular weight excluding hydrogens is 669 g/mol. The maximum absolute atomic E-state index is 13.9. The van der Waals surface area contributed by atoms with Gasteiger partial charge in [0.2, 0.25) is 0 Å². The van der Waals surface area contributed by atoms with Gasteiger partial charge in [0.25, 0.3) is 5.91 Å². The Hall–Kier alpha value is -3.48. The summed E-state index contributed by atoms with van der Waals surface area (Å²) >= 11 is 0. The quantitative estimate of drug-likeness (QED) is 0.0448. The molecule has 0 saturated carbocycles. The van der Waals surface area contributed by atoms with Gasteiger partial charge in [0, 0.05) is 24.6 Å². The number of benzene rings is 1. The van der Waals surface area contributed by atoms with Crippen molar-refractivity contribution in [3.63, 3.8) is 0 Å². The van der Waals surface area contributed by atoms with Crippen LogP contribution < -0.4 is 10.6 Å². The van der Waals surface area contributed by atoms with Gasteiger partial charge >= 0.3 is 18.0 Å². The Bertz CT molecular complexity index is 1300. The zero-order chi connectivity index (χ0) is 39.2. The second-order valence-electron chi connectivity index (χ2n) is 16.1. The van der Waals surface area contributed by atoms with Gasteiger partial charge in [-0.15, -0.1) is 0 Å². The smallest absolute Gasteiger partial charge is 0.407 e. The Morgan fingerprint density at radius 3 is 2.12 bits per heavy atom. The number of nitrogens with one attached hydrogen (secondary N) is 2. The Balaban J connectivity index is 3.39. The lowest BCUT2D eigenvalue weighted by atomic mass is 9.87. The lowest BCUT2D eigenvalue weighted by Gasteiger charge is -2.42. The molecule has 1 aromatic carbocycles. The van der Waals surface area contributed by atoms with E-state index in [4.69, 9.17) is 18.6 Å². The molecule has 0 spiro atoms. The van der Waals surface area contributed by atoms with E-state index in [1.165, 1.54) is 12.2 Å². The fraction of sp³-hybridized carbons (Fsp3) is 0.641. The van der Waals surface area contributed by atoms with Crippen molar-refractivity contribution in [2.45, 2.75) is 130 Å². The maximum atomic E-state index is 13.9. The van der Waals surface area contributed by atoms with Crippen LogP contribution in [0.15, 0.2) is 55.1 Å². The first-order valence-corrected chi connectivity index (χ1v) is 20.7. The first kappa shape index (κ1) is 45.5. The molecule has 0 aliphatic carbocycles. The number of alkyl carbamates (subject to hydrolysis) is 1. The first-order valence-electron chi connectivity index (χ1n) is 17.8. The number of esters is 2. The summed E-state index contributed by atoms with van der Waals surface area (Å²) in [6.07, 6.45) is 1.12. The van der Waals surface area contributed by atoms with Crippen molar-refractivity contribution in [1.82, 2.24) is 10.6 Å². The van der Waals surface area contributed by atoms with E-state index in [1.807, 2.05) is 51.1 Å². The van der Waals surface area contributed by atoms with Crippen molar-refractivity contribution >= 4 is 32.3 Å². The number of amides is 2. The third-order valence-electron chi connectivity index (χ3n) is 8.74. The Kier molecular flexibility index (Phi) is 18.3. The van der Waals surface area contributed by atoms with Gasteiger partial charge in [-0.2, -0.15) is 0 Å². The standard InChI is InChI=1S/C39H64N2O9Si/c1-14-23-47-32(42)22-18-21-30(28(5)33(43)34(29-19-16-15-17-20-29)50-51(12,13)39(9,10)11)41-35(44)31(24-26(2)3)48-36(45)27(4)25-40-37(46)49-38(6,7)8/h14-20,22,26-28,30-31,33-34,43H,1,21,23-25H2,2-13H3,(H,40,46)(H,41,44)/b22-18+/t27-,28+,30+,31+,33-,34-/m1/s1. The van der Waals surface area contributed by atoms with E-state index in [1.54, 1.807) is 33.8 Å². The van der Waals surface area contributed by atoms with Crippen LogP contribution in [-0.4, -0.2) is 74.4 Å². The molecule has 0 saturated heterocycles. The van der Waals surface area contributed by atoms with Crippen molar-refractivity contribution in [2.75, 3.05) is 13.2 Å². The highest BCUT2D eigenvalue weighted by Gasteiger charge is 2.43. The van der Waals surface area contributed by atoms with E-state index in [-0.39, 0.29) is 36.9 Å². The highest BCUT2D eigenvalue weighted by molar-refractivity contribution is 6.74. The van der Waals surface area contributed by atoms with Gasteiger partial charge in [0.1, 0.15) is 12.2 Å². The summed E-state index contributed by atoms with van der Waals surface area (Å²) in [5, 5.41) is 17.5. The number of carbonyl (C=O) groups excluding carboxylic acids is 4. The van der Waals surface area contributed by atoms with Crippen molar-refractivity contribution in [3.05, 3.63) is 60.7 Å². The minimum absolute atomic E-state index is 0.00909. The highest BCUT2D eigenvalue weighted by Crippen LogP contribution is 2.41. The zero-order valence-electron chi connectivity index (χ0n) is 32.9. The largest absolute Gasteiger partial charge is 0.458 e. The maximum Gasteiger partial charge on any atom is 0.407 e. The normalized spacial score (nSPS) is 16.0. The molecule has 0 heterocycles. The monoisotopic (exact) mass is 732 g/mol. The second-order valence-corrected chi connectivity index (χ2v) is 20.8. The molecular formula is C39H64N2O9Si. The SMILES string of the molecule is C=CCOC(=O)/C=C/C[C@H](NC(=O)[C@H](CC(C)C)OC(=O)[C@H](C)CNC(=O)OC(C)(C)C)[C@H](C)[C@@H](O)[C@H](O[Si](C)(C)C(C)(C)C)c1ccccc1. The molecule has 0 aromatic heterocycles. The van der Waals surface area contributed by atoms with E-state index < -0.39 is 74.0 Å². The third kappa shape index (κ3) is 16.6. The number of aliphatic hydroxyl groups excluding tert-OH is 1. The van der Waals surface area contributed by atoms with E-state index >= 15 is 0 Å². The molecule has 0 unspecified atom stereocenters. The van der Waals surface area contributed by atoms with Crippen LogP contribution in [0.1, 0.15) is 93.7 Å². The highest BCUT2D eigenvalue weighted by atomic mass is 28.4. The molecule has 0 aliphatic rings. The van der Waals surface area contributed by atoms with Crippen LogP contribution in [-0.2, 0) is 33.0 Å². The molecule has 288 valence electrons. The molecule has 6 atom stereocenters. The summed E-state index contributed by atoms with van der Waals surface area (Å²) in [6.45, 7) is 26.6. The van der Waals surface area contributed by atoms with Crippen LogP contribution in [0.5, 0.6) is 0 Å². The number of aliphatic hydroxyl groups is 1. The number of hydrogen-bond acceptors (Lipinski definition) is 9. The van der Waals surface area contributed by atoms with Gasteiger partial charge < -0.3 is 34.4 Å². The van der Waals surface area contributed by atoms with E-state index in [9.17, 15) is 24.3 Å². The molecule has 11 nitrogen and oxygen atoms in total. The topological polar surface area (TPSA) is 149 Å². The lowest BCUT2D eigenvalue weighted by molar-refractivity contribution is -0.160. The average molecular weight is 733 g/mol. The van der Waals surface area contributed by atoms with Crippen LogP contribution in [0, 0.1) is 17.8 Å². The molecule has 12 heteroatoms. The summed E-state index contributed by atoms with van der Waals surface area (Å²) in [6, 6.07) is 8.79. The predicted octanol–water partition coefficient (Wildman–Crippen LogP) is 7.03. The second kappa shape index (κ2) is 20.5. The first-order chi connectivity index (χ1) is 23.5. The van der Waals surface area contributed by atoms with Crippen molar-refractivity contribution in [3.8, 4) is 0 Å². The molecule has 1 rings (SSSR count). The molecule has 0 bridgehead atoms. The Morgan fingerprint density at radius 1 is 0.980 bits per heavy atom. The van der Waals surface area contributed by atoms with Crippen LogP contribution in [0.4, 0.5) is 4.79 Å². The van der Waals surface area contributed by atoms with E-state index in [0.29, 0.717) is 0 Å². The molecule has 0 radical (unpaired) electrons. The van der Waals surface area contributed by atoms with Gasteiger partial charge in [-0.1, -0.05) is 97.5 Å². The van der Waals surface area contributed by atoms with Crippen LogP contribution in [0.25, 0.3) is 0 Å². The van der Waals surface area contributed by atoms with E-state index in [0.717, 1.165) is 5.56 Å². The fourth-order valence-electron chi connectivity index (χ4n) is 4.69. The summed E-state index contributed by atoms with van der Waals surface area (Å²) in [7, 11) is -2.39. The average Bonchev–Trinajstić information content (AvgIpc) is 3.02. The molecule has 0 aliphatic heterocycles. The number of ether oxygens (including phenoxy) is 3. The zero-order valence-corrected chi connectivity index (χ0v) is 33.9. The van der Waals surface area contributed by atoms with Gasteiger partial charge in [-0.3, -0.25) is 9.59 Å². The molecule has 0 fully saturated rings. The molecule has 2 amide bonds. The van der Waals surface area contributed by atoms with E-state index in [2.05, 4.69) is 51.1 Å². The number of carbonyl (C=O) groups is 4. The minimum Gasteiger partial charge on any atom is -0.458 e. The third-order valence-corrected chi connectivity index (χ3v) is 13.2. The molecule has 51 heavy (non-hydrogen) atoms. The van der Waals surface area contributed by atoms with Gasteiger partial charge in [0.05, 0.1) is 18.1 Å². The van der Waals surface area contributed by atoms with Crippen molar-refractivity contribution in [2.24, 2.45) is 17.8 Å². The summed E-state index contributed by atoms with van der Waals surface area (Å²) in [5.41, 5.74) is 0.102.